The molecule has 0 saturated carbocycles. The van der Waals surface area contributed by atoms with E-state index in [4.69, 9.17) is 9.88 Å². The number of anilines is 1. The molecule has 140 valence electrons. The van der Waals surface area contributed by atoms with Crippen LogP contribution in [0.1, 0.15) is 16.1 Å². The summed E-state index contributed by atoms with van der Waals surface area (Å²) >= 11 is 0. The van der Waals surface area contributed by atoms with Gasteiger partial charge in [0, 0.05) is 23.1 Å². The molecule has 27 heavy (non-hydrogen) atoms. The maximum Gasteiger partial charge on any atom is 0.255 e. The highest BCUT2D eigenvalue weighted by atomic mass is 32.2. The van der Waals surface area contributed by atoms with E-state index in [1.807, 2.05) is 13.0 Å². The number of aryl methyl sites for hydroxylation is 1. The van der Waals surface area contributed by atoms with Gasteiger partial charge in [-0.3, -0.25) is 4.79 Å². The predicted molar refractivity (Wildman–Crippen MR) is 101 cm³/mol. The van der Waals surface area contributed by atoms with Crippen molar-refractivity contribution in [3.8, 4) is 11.4 Å². The minimum atomic E-state index is -3.99. The minimum Gasteiger partial charge on any atom is -0.495 e. The molecular formula is C18H18N4O4S. The number of amides is 1. The van der Waals surface area contributed by atoms with Crippen LogP contribution in [0.15, 0.2) is 59.6 Å². The first kappa shape index (κ1) is 18.6. The van der Waals surface area contributed by atoms with E-state index in [1.165, 1.54) is 25.3 Å². The Bertz CT molecular complexity index is 1090. The standard InChI is InChI=1S/C18H18N4O4S/c1-12-9-10-20-22(12)15-6-3-13(4-7-15)18(23)21-14-5-8-16(26-2)17(11-14)27(19,24)25/h3-11H,1-2H3,(H,21,23)(H2,19,24,25). The molecule has 3 N–H and O–H groups in total. The van der Waals surface area contributed by atoms with Crippen LogP contribution in [0.4, 0.5) is 5.69 Å². The summed E-state index contributed by atoms with van der Waals surface area (Å²) in [6.07, 6.45) is 1.70. The second kappa shape index (κ2) is 7.22. The number of primary sulfonamides is 1. The number of nitrogens with zero attached hydrogens (tertiary/aromatic N) is 2. The fourth-order valence-electron chi connectivity index (χ4n) is 2.57. The molecule has 0 spiro atoms. The SMILES string of the molecule is COc1ccc(NC(=O)c2ccc(-n3nccc3C)cc2)cc1S(N)(=O)=O. The van der Waals surface area contributed by atoms with Crippen molar-refractivity contribution in [2.45, 2.75) is 11.8 Å². The molecule has 3 aromatic rings. The van der Waals surface area contributed by atoms with Gasteiger partial charge in [0.1, 0.15) is 10.6 Å². The topological polar surface area (TPSA) is 116 Å². The number of nitrogens with two attached hydrogens (primary N) is 1. The first-order chi connectivity index (χ1) is 12.8. The summed E-state index contributed by atoms with van der Waals surface area (Å²) in [7, 11) is -2.65. The average Bonchev–Trinajstić information content (AvgIpc) is 3.07. The lowest BCUT2D eigenvalue weighted by Gasteiger charge is -2.11. The summed E-state index contributed by atoms with van der Waals surface area (Å²) in [6.45, 7) is 1.93. The minimum absolute atomic E-state index is 0.106. The average molecular weight is 386 g/mol. The number of hydrogen-bond acceptors (Lipinski definition) is 5. The van der Waals surface area contributed by atoms with Crippen molar-refractivity contribution in [3.05, 3.63) is 66.0 Å². The van der Waals surface area contributed by atoms with Crippen LogP contribution in [-0.4, -0.2) is 31.2 Å². The van der Waals surface area contributed by atoms with Crippen molar-refractivity contribution < 1.29 is 17.9 Å². The fourth-order valence-corrected chi connectivity index (χ4v) is 3.30. The van der Waals surface area contributed by atoms with Crippen LogP contribution in [0.3, 0.4) is 0 Å². The van der Waals surface area contributed by atoms with Crippen molar-refractivity contribution in [2.24, 2.45) is 5.14 Å². The van der Waals surface area contributed by atoms with Gasteiger partial charge in [-0.15, -0.1) is 0 Å². The van der Waals surface area contributed by atoms with Gasteiger partial charge in [0.15, 0.2) is 0 Å². The van der Waals surface area contributed by atoms with Gasteiger partial charge >= 0.3 is 0 Å². The third kappa shape index (κ3) is 3.99. The van der Waals surface area contributed by atoms with E-state index in [-0.39, 0.29) is 22.2 Å². The predicted octanol–water partition coefficient (Wildman–Crippen LogP) is 2.09. The largest absolute Gasteiger partial charge is 0.495 e. The summed E-state index contributed by atoms with van der Waals surface area (Å²) < 4.78 is 30.1. The van der Waals surface area contributed by atoms with Gasteiger partial charge in [-0.25, -0.2) is 18.2 Å². The highest BCUT2D eigenvalue weighted by Gasteiger charge is 2.17. The van der Waals surface area contributed by atoms with E-state index in [1.54, 1.807) is 35.1 Å². The van der Waals surface area contributed by atoms with Crippen LogP contribution < -0.4 is 15.2 Å². The molecule has 0 radical (unpaired) electrons. The van der Waals surface area contributed by atoms with Gasteiger partial charge in [0.25, 0.3) is 5.91 Å². The zero-order valence-electron chi connectivity index (χ0n) is 14.7. The second-order valence-corrected chi connectivity index (χ2v) is 7.33. The third-order valence-corrected chi connectivity index (χ3v) is 4.87. The van der Waals surface area contributed by atoms with Gasteiger partial charge < -0.3 is 10.1 Å². The zero-order valence-corrected chi connectivity index (χ0v) is 15.5. The monoisotopic (exact) mass is 386 g/mol. The van der Waals surface area contributed by atoms with Gasteiger partial charge in [0.2, 0.25) is 10.0 Å². The summed E-state index contributed by atoms with van der Waals surface area (Å²) in [5, 5.41) is 12.1. The Morgan fingerprint density at radius 3 is 2.41 bits per heavy atom. The Hall–Kier alpha value is -3.17. The Balaban J connectivity index is 1.82. The highest BCUT2D eigenvalue weighted by Crippen LogP contribution is 2.26. The van der Waals surface area contributed by atoms with Crippen LogP contribution in [-0.2, 0) is 10.0 Å². The maximum atomic E-state index is 12.4. The van der Waals surface area contributed by atoms with E-state index in [0.29, 0.717) is 5.56 Å². The lowest BCUT2D eigenvalue weighted by molar-refractivity contribution is 0.102. The molecule has 0 aliphatic carbocycles. The van der Waals surface area contributed by atoms with E-state index < -0.39 is 10.0 Å². The molecule has 0 saturated heterocycles. The van der Waals surface area contributed by atoms with Gasteiger partial charge in [-0.2, -0.15) is 5.10 Å². The Morgan fingerprint density at radius 2 is 1.85 bits per heavy atom. The second-order valence-electron chi connectivity index (χ2n) is 5.80. The molecular weight excluding hydrogens is 368 g/mol. The number of methoxy groups -OCH3 is 1. The number of benzene rings is 2. The number of sulfonamides is 1. The lowest BCUT2D eigenvalue weighted by atomic mass is 10.2. The van der Waals surface area contributed by atoms with Gasteiger partial charge in [0.05, 0.1) is 12.8 Å². The van der Waals surface area contributed by atoms with E-state index in [9.17, 15) is 13.2 Å². The van der Waals surface area contributed by atoms with Crippen LogP contribution >= 0.6 is 0 Å². The number of carbonyl (C=O) groups excluding carboxylic acids is 1. The van der Waals surface area contributed by atoms with Crippen LogP contribution in [0.25, 0.3) is 5.69 Å². The number of rotatable bonds is 5. The number of hydrogen-bond donors (Lipinski definition) is 2. The van der Waals surface area contributed by atoms with Crippen LogP contribution in [0, 0.1) is 6.92 Å². The molecule has 0 atom stereocenters. The molecule has 1 heterocycles. The summed E-state index contributed by atoms with van der Waals surface area (Å²) in [5.41, 5.74) is 2.50. The maximum absolute atomic E-state index is 12.4. The van der Waals surface area contributed by atoms with Gasteiger partial charge in [-0.05, 0) is 55.5 Å². The zero-order chi connectivity index (χ0) is 19.6. The van der Waals surface area contributed by atoms with Crippen molar-refractivity contribution in [1.82, 2.24) is 9.78 Å². The summed E-state index contributed by atoms with van der Waals surface area (Å²) in [4.78, 5) is 12.2. The van der Waals surface area contributed by atoms with Crippen LogP contribution in [0.2, 0.25) is 0 Å². The Labute approximate surface area is 156 Å². The third-order valence-electron chi connectivity index (χ3n) is 3.93. The molecule has 0 fully saturated rings. The quantitative estimate of drug-likeness (QED) is 0.696. The van der Waals surface area contributed by atoms with E-state index in [2.05, 4.69) is 10.4 Å². The molecule has 9 heteroatoms. The van der Waals surface area contributed by atoms with Crippen molar-refractivity contribution in [2.75, 3.05) is 12.4 Å². The number of ether oxygens (including phenoxy) is 1. The molecule has 1 aromatic heterocycles. The highest BCUT2D eigenvalue weighted by molar-refractivity contribution is 7.89. The van der Waals surface area contributed by atoms with Crippen molar-refractivity contribution in [3.63, 3.8) is 0 Å². The van der Waals surface area contributed by atoms with E-state index in [0.717, 1.165) is 11.4 Å². The van der Waals surface area contributed by atoms with Crippen molar-refractivity contribution in [1.29, 1.82) is 0 Å². The first-order valence-corrected chi connectivity index (χ1v) is 9.47. The number of carbonyl (C=O) groups is 1. The lowest BCUT2D eigenvalue weighted by Crippen LogP contribution is -2.16. The molecule has 1 amide bonds. The summed E-state index contributed by atoms with van der Waals surface area (Å²) in [6, 6.07) is 13.0. The van der Waals surface area contributed by atoms with Gasteiger partial charge in [-0.1, -0.05) is 0 Å². The molecule has 8 nitrogen and oxygen atoms in total. The number of aromatic nitrogens is 2. The Morgan fingerprint density at radius 1 is 1.15 bits per heavy atom. The first-order valence-electron chi connectivity index (χ1n) is 7.93. The number of nitrogens with one attached hydrogen (secondary N) is 1. The molecule has 0 bridgehead atoms. The van der Waals surface area contributed by atoms with E-state index >= 15 is 0 Å². The van der Waals surface area contributed by atoms with Crippen molar-refractivity contribution >= 4 is 21.6 Å². The normalized spacial score (nSPS) is 11.2. The van der Waals surface area contributed by atoms with Crippen LogP contribution in [0.5, 0.6) is 5.75 Å². The summed E-state index contributed by atoms with van der Waals surface area (Å²) in [5.74, 6) is -0.279. The molecule has 2 aromatic carbocycles. The molecule has 0 unspecified atom stereocenters. The molecule has 0 aliphatic rings. The Kier molecular flexibility index (Phi) is 4.98. The smallest absolute Gasteiger partial charge is 0.255 e. The fraction of sp³-hybridized carbons (Fsp3) is 0.111. The molecule has 3 rings (SSSR count). The molecule has 0 aliphatic heterocycles.